The molecule has 2 heteroatoms. The SMILES string of the molecule is CCCC(F)C1CCC(C(F)CCC)CC1. The molecule has 0 N–H and O–H groups in total. The second kappa shape index (κ2) is 7.24. The van der Waals surface area contributed by atoms with E-state index in [-0.39, 0.29) is 11.8 Å². The monoisotopic (exact) mass is 232 g/mol. The van der Waals surface area contributed by atoms with Crippen molar-refractivity contribution in [2.75, 3.05) is 0 Å². The summed E-state index contributed by atoms with van der Waals surface area (Å²) in [5, 5.41) is 0. The lowest BCUT2D eigenvalue weighted by Crippen LogP contribution is -2.27. The maximum atomic E-state index is 13.7. The van der Waals surface area contributed by atoms with Crippen LogP contribution in [0.2, 0.25) is 0 Å². The Hall–Kier alpha value is -0.140. The molecule has 0 radical (unpaired) electrons. The van der Waals surface area contributed by atoms with Crippen molar-refractivity contribution in [1.82, 2.24) is 0 Å². The highest BCUT2D eigenvalue weighted by Gasteiger charge is 2.30. The molecule has 1 saturated carbocycles. The average Bonchev–Trinajstić information content (AvgIpc) is 2.30. The number of hydrogen-bond donors (Lipinski definition) is 0. The van der Waals surface area contributed by atoms with Crippen molar-refractivity contribution < 1.29 is 8.78 Å². The number of rotatable bonds is 6. The van der Waals surface area contributed by atoms with E-state index in [9.17, 15) is 8.78 Å². The van der Waals surface area contributed by atoms with Gasteiger partial charge in [-0.25, -0.2) is 8.78 Å². The number of hydrogen-bond acceptors (Lipinski definition) is 0. The third-order valence-corrected chi connectivity index (χ3v) is 3.97. The predicted octanol–water partition coefficient (Wildman–Crippen LogP) is 5.07. The van der Waals surface area contributed by atoms with Gasteiger partial charge in [0.1, 0.15) is 12.3 Å². The molecule has 0 nitrogen and oxygen atoms in total. The normalized spacial score (nSPS) is 30.0. The molecule has 1 fully saturated rings. The second-order valence-electron chi connectivity index (χ2n) is 5.28. The van der Waals surface area contributed by atoms with E-state index in [2.05, 4.69) is 0 Å². The standard InChI is InChI=1S/C14H26F2/c1-3-5-13(15)11-7-9-12(10-8-11)14(16)6-4-2/h11-14H,3-10H2,1-2H3. The van der Waals surface area contributed by atoms with Crippen LogP contribution < -0.4 is 0 Å². The van der Waals surface area contributed by atoms with Gasteiger partial charge in [0.25, 0.3) is 0 Å². The molecule has 0 heterocycles. The smallest absolute Gasteiger partial charge is 0.103 e. The van der Waals surface area contributed by atoms with Gasteiger partial charge in [0.15, 0.2) is 0 Å². The van der Waals surface area contributed by atoms with Crippen LogP contribution in [-0.2, 0) is 0 Å². The maximum Gasteiger partial charge on any atom is 0.103 e. The highest BCUT2D eigenvalue weighted by molar-refractivity contribution is 4.81. The first-order valence-electron chi connectivity index (χ1n) is 6.97. The Balaban J connectivity index is 2.27. The Morgan fingerprint density at radius 3 is 1.38 bits per heavy atom. The van der Waals surface area contributed by atoms with E-state index < -0.39 is 12.3 Å². The fraction of sp³-hybridized carbons (Fsp3) is 1.00. The Morgan fingerprint density at radius 1 is 0.812 bits per heavy atom. The van der Waals surface area contributed by atoms with Crippen molar-refractivity contribution in [2.24, 2.45) is 11.8 Å². The van der Waals surface area contributed by atoms with E-state index in [0.29, 0.717) is 12.8 Å². The zero-order chi connectivity index (χ0) is 12.0. The van der Waals surface area contributed by atoms with Gasteiger partial charge in [0.2, 0.25) is 0 Å². The molecule has 1 aliphatic carbocycles. The largest absolute Gasteiger partial charge is 0.247 e. The van der Waals surface area contributed by atoms with Crippen LogP contribution in [0.5, 0.6) is 0 Å². The summed E-state index contributed by atoms with van der Waals surface area (Å²) in [7, 11) is 0. The van der Waals surface area contributed by atoms with Gasteiger partial charge in [0, 0.05) is 0 Å². The van der Waals surface area contributed by atoms with E-state index in [1.54, 1.807) is 0 Å². The summed E-state index contributed by atoms with van der Waals surface area (Å²) in [6, 6.07) is 0. The minimum Gasteiger partial charge on any atom is -0.247 e. The van der Waals surface area contributed by atoms with Crippen molar-refractivity contribution >= 4 is 0 Å². The van der Waals surface area contributed by atoms with E-state index >= 15 is 0 Å². The first-order valence-corrected chi connectivity index (χ1v) is 6.97. The Morgan fingerprint density at radius 2 is 1.12 bits per heavy atom. The van der Waals surface area contributed by atoms with Gasteiger partial charge in [-0.05, 0) is 50.4 Å². The maximum absolute atomic E-state index is 13.7. The number of halogens is 2. The first kappa shape index (κ1) is 13.9. The van der Waals surface area contributed by atoms with Gasteiger partial charge in [-0.2, -0.15) is 0 Å². The molecule has 0 spiro atoms. The van der Waals surface area contributed by atoms with Gasteiger partial charge < -0.3 is 0 Å². The lowest BCUT2D eigenvalue weighted by Gasteiger charge is -2.32. The van der Waals surface area contributed by atoms with Gasteiger partial charge in [-0.3, -0.25) is 0 Å². The van der Waals surface area contributed by atoms with Crippen molar-refractivity contribution in [2.45, 2.75) is 77.6 Å². The fourth-order valence-electron chi connectivity index (χ4n) is 2.89. The van der Waals surface area contributed by atoms with Gasteiger partial charge in [0.05, 0.1) is 0 Å². The topological polar surface area (TPSA) is 0 Å². The average molecular weight is 232 g/mol. The summed E-state index contributed by atoms with van der Waals surface area (Å²) in [6.45, 7) is 4.05. The Bertz CT molecular complexity index is 154. The molecule has 16 heavy (non-hydrogen) atoms. The summed E-state index contributed by atoms with van der Waals surface area (Å²) in [5.74, 6) is 0.426. The van der Waals surface area contributed by atoms with Crippen LogP contribution in [0.15, 0.2) is 0 Å². The van der Waals surface area contributed by atoms with E-state index in [0.717, 1.165) is 38.5 Å². The predicted molar refractivity (Wildman–Crippen MR) is 65.1 cm³/mol. The van der Waals surface area contributed by atoms with Gasteiger partial charge in [-0.15, -0.1) is 0 Å². The molecular weight excluding hydrogens is 206 g/mol. The molecule has 0 aromatic carbocycles. The highest BCUT2D eigenvalue weighted by Crippen LogP contribution is 2.36. The molecule has 96 valence electrons. The van der Waals surface area contributed by atoms with E-state index in [1.807, 2.05) is 13.8 Å². The summed E-state index contributed by atoms with van der Waals surface area (Å²) in [6.07, 6.45) is 5.51. The molecule has 2 unspecified atom stereocenters. The van der Waals surface area contributed by atoms with Crippen LogP contribution in [0.3, 0.4) is 0 Å². The fourth-order valence-corrected chi connectivity index (χ4v) is 2.89. The molecule has 2 atom stereocenters. The van der Waals surface area contributed by atoms with Crippen molar-refractivity contribution in [3.05, 3.63) is 0 Å². The van der Waals surface area contributed by atoms with Crippen LogP contribution in [0.1, 0.15) is 65.2 Å². The third kappa shape index (κ3) is 4.03. The van der Waals surface area contributed by atoms with Crippen molar-refractivity contribution in [3.63, 3.8) is 0 Å². The molecule has 0 aliphatic heterocycles. The first-order chi connectivity index (χ1) is 7.69. The summed E-state index contributed by atoms with van der Waals surface area (Å²) in [4.78, 5) is 0. The van der Waals surface area contributed by atoms with Crippen molar-refractivity contribution in [1.29, 1.82) is 0 Å². The lowest BCUT2D eigenvalue weighted by molar-refractivity contribution is 0.103. The zero-order valence-corrected chi connectivity index (χ0v) is 10.7. The molecule has 1 aliphatic rings. The lowest BCUT2D eigenvalue weighted by atomic mass is 9.76. The summed E-state index contributed by atoms with van der Waals surface area (Å²) < 4.78 is 27.3. The molecule has 0 aromatic rings. The highest BCUT2D eigenvalue weighted by atomic mass is 19.1. The molecular formula is C14H26F2. The van der Waals surface area contributed by atoms with Crippen LogP contribution in [0.4, 0.5) is 8.78 Å². The van der Waals surface area contributed by atoms with E-state index in [4.69, 9.17) is 0 Å². The quantitative estimate of drug-likeness (QED) is 0.600. The molecule has 0 aromatic heterocycles. The van der Waals surface area contributed by atoms with Crippen LogP contribution in [0.25, 0.3) is 0 Å². The Labute approximate surface area is 98.8 Å². The molecule has 0 bridgehead atoms. The van der Waals surface area contributed by atoms with Crippen molar-refractivity contribution in [3.8, 4) is 0 Å². The molecule has 0 saturated heterocycles. The van der Waals surface area contributed by atoms with Gasteiger partial charge >= 0.3 is 0 Å². The number of alkyl halides is 2. The van der Waals surface area contributed by atoms with Gasteiger partial charge in [-0.1, -0.05) is 26.7 Å². The summed E-state index contributed by atoms with van der Waals surface area (Å²) in [5.41, 5.74) is 0. The summed E-state index contributed by atoms with van der Waals surface area (Å²) >= 11 is 0. The Kier molecular flexibility index (Phi) is 6.30. The third-order valence-electron chi connectivity index (χ3n) is 3.97. The minimum absolute atomic E-state index is 0.213. The van der Waals surface area contributed by atoms with Crippen LogP contribution in [0, 0.1) is 11.8 Å². The second-order valence-corrected chi connectivity index (χ2v) is 5.28. The molecule has 1 rings (SSSR count). The minimum atomic E-state index is -0.643. The molecule has 0 amide bonds. The van der Waals surface area contributed by atoms with Crippen LogP contribution in [-0.4, -0.2) is 12.3 Å². The van der Waals surface area contributed by atoms with E-state index in [1.165, 1.54) is 0 Å². The zero-order valence-electron chi connectivity index (χ0n) is 10.7. The van der Waals surface area contributed by atoms with Crippen LogP contribution >= 0.6 is 0 Å².